The number of carbonyl (C=O) groups is 1. The number of hydrogen-bond acceptors (Lipinski definition) is 4. The normalized spacial score (nSPS) is 24.7. The van der Waals surface area contributed by atoms with Crippen molar-refractivity contribution in [1.29, 1.82) is 0 Å². The van der Waals surface area contributed by atoms with E-state index in [1.165, 1.54) is 0 Å². The maximum absolute atomic E-state index is 13.3. The highest BCUT2D eigenvalue weighted by atomic mass is 79.9. The summed E-state index contributed by atoms with van der Waals surface area (Å²) in [5.41, 5.74) is 1.09. The summed E-state index contributed by atoms with van der Waals surface area (Å²) in [6.45, 7) is 1.66. The third-order valence-electron chi connectivity index (χ3n) is 6.12. The number of halogens is 1. The van der Waals surface area contributed by atoms with Crippen LogP contribution in [0.4, 0.5) is 0 Å². The van der Waals surface area contributed by atoms with Crippen LogP contribution in [0, 0.1) is 5.92 Å². The minimum Gasteiger partial charge on any atom is -0.377 e. The zero-order valence-corrected chi connectivity index (χ0v) is 19.6. The number of benzene rings is 2. The molecular formula is C23H27BrN2O4S. The maximum atomic E-state index is 13.3. The first-order chi connectivity index (χ1) is 14.9. The van der Waals surface area contributed by atoms with E-state index in [0.717, 1.165) is 10.0 Å². The highest BCUT2D eigenvalue weighted by molar-refractivity contribution is 9.10. The van der Waals surface area contributed by atoms with Crippen molar-refractivity contribution in [3.05, 3.63) is 64.6 Å². The van der Waals surface area contributed by atoms with Gasteiger partial charge in [0.15, 0.2) is 0 Å². The van der Waals surface area contributed by atoms with Crippen LogP contribution < -0.4 is 4.72 Å². The fourth-order valence-corrected chi connectivity index (χ4v) is 5.98. The van der Waals surface area contributed by atoms with Crippen molar-refractivity contribution in [3.8, 4) is 0 Å². The zero-order chi connectivity index (χ0) is 21.8. The Labute approximate surface area is 192 Å². The molecule has 8 heteroatoms. The van der Waals surface area contributed by atoms with E-state index < -0.39 is 10.0 Å². The van der Waals surface area contributed by atoms with Crippen molar-refractivity contribution < 1.29 is 17.9 Å². The van der Waals surface area contributed by atoms with Gasteiger partial charge in [0.2, 0.25) is 15.9 Å². The second-order valence-electron chi connectivity index (χ2n) is 8.16. The predicted molar refractivity (Wildman–Crippen MR) is 122 cm³/mol. The molecule has 2 aromatic rings. The fourth-order valence-electron chi connectivity index (χ4n) is 4.41. The summed E-state index contributed by atoms with van der Waals surface area (Å²) in [4.78, 5) is 15.5. The Morgan fingerprint density at radius 1 is 1.00 bits per heavy atom. The van der Waals surface area contributed by atoms with Crippen LogP contribution >= 0.6 is 15.9 Å². The summed E-state index contributed by atoms with van der Waals surface area (Å²) in [6, 6.07) is 16.4. The largest absolute Gasteiger partial charge is 0.377 e. The topological polar surface area (TPSA) is 75.7 Å². The molecule has 0 radical (unpaired) electrons. The molecule has 1 aliphatic carbocycles. The number of ether oxygens (including phenoxy) is 1. The zero-order valence-electron chi connectivity index (χ0n) is 17.2. The van der Waals surface area contributed by atoms with E-state index >= 15 is 0 Å². The van der Waals surface area contributed by atoms with Crippen LogP contribution in [0.3, 0.4) is 0 Å². The van der Waals surface area contributed by atoms with Crippen molar-refractivity contribution in [3.63, 3.8) is 0 Å². The van der Waals surface area contributed by atoms with Gasteiger partial charge >= 0.3 is 0 Å². The van der Waals surface area contributed by atoms with Crippen LogP contribution in [0.15, 0.2) is 64.0 Å². The van der Waals surface area contributed by atoms with Gasteiger partial charge in [-0.2, -0.15) is 0 Å². The summed E-state index contributed by atoms with van der Waals surface area (Å²) in [5, 5.41) is 0. The molecule has 166 valence electrons. The van der Waals surface area contributed by atoms with Crippen LogP contribution in [0.1, 0.15) is 37.3 Å². The Hall–Kier alpha value is -1.74. The number of amides is 1. The summed E-state index contributed by atoms with van der Waals surface area (Å²) in [7, 11) is -3.56. The molecule has 1 saturated heterocycles. The standard InChI is InChI=1S/C23H27BrN2O4S/c24-19-8-12-21(13-9-19)31(28,29)25-20-10-6-18(7-11-20)23(27)26-14-15-30-16-22(26)17-4-2-1-3-5-17/h1-5,8-9,12-13,18,20,22,25H,6-7,10-11,14-16H2/t18-,20-,22-/m0/s1. The third-order valence-corrected chi connectivity index (χ3v) is 8.18. The summed E-state index contributed by atoms with van der Waals surface area (Å²) < 4.78 is 34.6. The van der Waals surface area contributed by atoms with E-state index in [-0.39, 0.29) is 28.8 Å². The van der Waals surface area contributed by atoms with Crippen molar-refractivity contribution in [2.24, 2.45) is 5.92 Å². The molecule has 6 nitrogen and oxygen atoms in total. The molecule has 4 rings (SSSR count). The molecule has 2 aliphatic rings. The quantitative estimate of drug-likeness (QED) is 0.667. The van der Waals surface area contributed by atoms with Gasteiger partial charge in [-0.15, -0.1) is 0 Å². The lowest BCUT2D eigenvalue weighted by molar-refractivity contribution is -0.145. The van der Waals surface area contributed by atoms with Gasteiger partial charge in [0.25, 0.3) is 0 Å². The van der Waals surface area contributed by atoms with Gasteiger partial charge in [0.1, 0.15) is 0 Å². The maximum Gasteiger partial charge on any atom is 0.240 e. The molecule has 0 bridgehead atoms. The molecule has 1 aliphatic heterocycles. The molecule has 1 atom stereocenters. The second kappa shape index (κ2) is 9.81. The summed E-state index contributed by atoms with van der Waals surface area (Å²) in [5.74, 6) is 0.0871. The molecule has 31 heavy (non-hydrogen) atoms. The highest BCUT2D eigenvalue weighted by Crippen LogP contribution is 2.32. The van der Waals surface area contributed by atoms with E-state index in [0.29, 0.717) is 45.4 Å². The number of nitrogens with zero attached hydrogens (tertiary/aromatic N) is 1. The van der Waals surface area contributed by atoms with Crippen LogP contribution in [0.5, 0.6) is 0 Å². The van der Waals surface area contributed by atoms with Crippen LogP contribution in [0.25, 0.3) is 0 Å². The molecule has 1 amide bonds. The Balaban J connectivity index is 1.36. The number of hydrogen-bond donors (Lipinski definition) is 1. The highest BCUT2D eigenvalue weighted by Gasteiger charge is 2.35. The van der Waals surface area contributed by atoms with E-state index in [9.17, 15) is 13.2 Å². The number of carbonyl (C=O) groups excluding carboxylic acids is 1. The SMILES string of the molecule is O=C([C@H]1CC[C@H](NS(=O)(=O)c2ccc(Br)cc2)CC1)N1CCOC[C@H]1c1ccccc1. The summed E-state index contributed by atoms with van der Waals surface area (Å²) in [6.07, 6.45) is 2.69. The van der Waals surface area contributed by atoms with E-state index in [1.54, 1.807) is 24.3 Å². The van der Waals surface area contributed by atoms with Crippen molar-refractivity contribution >= 4 is 31.9 Å². The number of nitrogens with one attached hydrogen (secondary N) is 1. The van der Waals surface area contributed by atoms with Gasteiger partial charge in [-0.05, 0) is 55.5 Å². The molecular weight excluding hydrogens is 480 g/mol. The molecule has 1 N–H and O–H groups in total. The Kier molecular flexibility index (Phi) is 7.11. The van der Waals surface area contributed by atoms with Crippen LogP contribution in [-0.2, 0) is 19.6 Å². The fraction of sp³-hybridized carbons (Fsp3) is 0.435. The van der Waals surface area contributed by atoms with E-state index in [2.05, 4.69) is 20.7 Å². The van der Waals surface area contributed by atoms with E-state index in [1.807, 2.05) is 35.2 Å². The van der Waals surface area contributed by atoms with Gasteiger partial charge in [0, 0.05) is 23.0 Å². The van der Waals surface area contributed by atoms with Crippen LogP contribution in [0.2, 0.25) is 0 Å². The van der Waals surface area contributed by atoms with Gasteiger partial charge < -0.3 is 9.64 Å². The molecule has 2 aromatic carbocycles. The molecule has 0 unspecified atom stereocenters. The van der Waals surface area contributed by atoms with Gasteiger partial charge in [0.05, 0.1) is 24.2 Å². The minimum atomic E-state index is -3.56. The molecule has 1 saturated carbocycles. The third kappa shape index (κ3) is 5.37. The van der Waals surface area contributed by atoms with Crippen molar-refractivity contribution in [2.75, 3.05) is 19.8 Å². The average molecular weight is 507 g/mol. The predicted octanol–water partition coefficient (Wildman–Crippen LogP) is 3.89. The van der Waals surface area contributed by atoms with Gasteiger partial charge in [-0.3, -0.25) is 4.79 Å². The van der Waals surface area contributed by atoms with Crippen molar-refractivity contribution in [2.45, 2.75) is 42.7 Å². The van der Waals surface area contributed by atoms with Crippen LogP contribution in [-0.4, -0.2) is 45.0 Å². The average Bonchev–Trinajstić information content (AvgIpc) is 2.80. The molecule has 2 fully saturated rings. The first kappa shape index (κ1) is 22.5. The van der Waals surface area contributed by atoms with Crippen molar-refractivity contribution in [1.82, 2.24) is 9.62 Å². The first-order valence-corrected chi connectivity index (χ1v) is 12.9. The second-order valence-corrected chi connectivity index (χ2v) is 10.8. The number of morpholine rings is 1. The summed E-state index contributed by atoms with van der Waals surface area (Å²) >= 11 is 3.32. The Morgan fingerprint density at radius 3 is 2.35 bits per heavy atom. The van der Waals surface area contributed by atoms with E-state index in [4.69, 9.17) is 4.74 Å². The number of sulfonamides is 1. The van der Waals surface area contributed by atoms with Gasteiger partial charge in [-0.1, -0.05) is 46.3 Å². The monoisotopic (exact) mass is 506 g/mol. The van der Waals surface area contributed by atoms with Gasteiger partial charge in [-0.25, -0.2) is 13.1 Å². The first-order valence-electron chi connectivity index (χ1n) is 10.6. The molecule has 0 aromatic heterocycles. The Morgan fingerprint density at radius 2 is 1.68 bits per heavy atom. The smallest absolute Gasteiger partial charge is 0.240 e. The number of rotatable bonds is 5. The minimum absolute atomic E-state index is 0.0592. The molecule has 0 spiro atoms. The Bertz CT molecular complexity index is 990. The molecule has 1 heterocycles. The lowest BCUT2D eigenvalue weighted by atomic mass is 9.85. The lowest BCUT2D eigenvalue weighted by Gasteiger charge is -2.39. The lowest BCUT2D eigenvalue weighted by Crippen LogP contribution is -2.47.